The van der Waals surface area contributed by atoms with Crippen molar-refractivity contribution in [3.63, 3.8) is 0 Å². The maximum atomic E-state index is 10.2. The van der Waals surface area contributed by atoms with Gasteiger partial charge in [0.05, 0.1) is 6.10 Å². The molecular formula is C14H14O2S2. The molecule has 1 aliphatic rings. The first-order chi connectivity index (χ1) is 8.83. The number of hydrogen-bond acceptors (Lipinski definition) is 4. The number of benzene rings is 1. The van der Waals surface area contributed by atoms with Crippen LogP contribution in [0.4, 0.5) is 0 Å². The molecule has 0 fully saturated rings. The first-order valence-corrected chi connectivity index (χ1v) is 7.78. The summed E-state index contributed by atoms with van der Waals surface area (Å²) in [6.07, 6.45) is 0.113. The molecule has 94 valence electrons. The Balaban J connectivity index is 1.68. The van der Waals surface area contributed by atoms with Gasteiger partial charge in [-0.05, 0) is 23.6 Å². The average molecular weight is 278 g/mol. The van der Waals surface area contributed by atoms with Crippen molar-refractivity contribution in [1.29, 1.82) is 0 Å². The van der Waals surface area contributed by atoms with E-state index in [0.717, 1.165) is 16.4 Å². The summed E-state index contributed by atoms with van der Waals surface area (Å²) in [6.45, 7) is 0. The van der Waals surface area contributed by atoms with Gasteiger partial charge in [-0.1, -0.05) is 18.2 Å². The van der Waals surface area contributed by atoms with Crippen LogP contribution in [0, 0.1) is 0 Å². The minimum atomic E-state index is -0.440. The first-order valence-electron chi connectivity index (χ1n) is 5.92. The van der Waals surface area contributed by atoms with Gasteiger partial charge in [-0.2, -0.15) is 0 Å². The van der Waals surface area contributed by atoms with E-state index in [-0.39, 0.29) is 6.10 Å². The lowest BCUT2D eigenvalue weighted by Crippen LogP contribution is -2.37. The molecule has 0 radical (unpaired) electrons. The second-order valence-electron chi connectivity index (χ2n) is 4.26. The molecule has 0 amide bonds. The van der Waals surface area contributed by atoms with Crippen molar-refractivity contribution in [1.82, 2.24) is 0 Å². The van der Waals surface area contributed by atoms with E-state index in [9.17, 15) is 5.11 Å². The highest BCUT2D eigenvalue weighted by Crippen LogP contribution is 2.36. The molecule has 0 saturated carbocycles. The maximum absolute atomic E-state index is 10.2. The van der Waals surface area contributed by atoms with Gasteiger partial charge in [-0.25, -0.2) is 0 Å². The highest BCUT2D eigenvalue weighted by molar-refractivity contribution is 7.99. The van der Waals surface area contributed by atoms with Crippen molar-refractivity contribution < 1.29 is 9.84 Å². The molecule has 1 aromatic carbocycles. The fraction of sp³-hybridized carbons (Fsp3) is 0.286. The highest BCUT2D eigenvalue weighted by atomic mass is 32.2. The number of ether oxygens (including phenoxy) is 1. The van der Waals surface area contributed by atoms with Crippen LogP contribution in [0.25, 0.3) is 0 Å². The summed E-state index contributed by atoms with van der Waals surface area (Å²) >= 11 is 3.43. The molecule has 18 heavy (non-hydrogen) atoms. The summed E-state index contributed by atoms with van der Waals surface area (Å²) in [4.78, 5) is 2.37. The third-order valence-corrected chi connectivity index (χ3v) is 4.99. The number of thiophene rings is 1. The molecule has 1 aromatic heterocycles. The SMILES string of the molecule is OC(Cc1cccs1)C1CSc2ccccc2O1. The third-order valence-electron chi connectivity index (χ3n) is 2.95. The topological polar surface area (TPSA) is 29.5 Å². The van der Waals surface area contributed by atoms with Gasteiger partial charge >= 0.3 is 0 Å². The number of fused-ring (bicyclic) bond motifs is 1. The van der Waals surface area contributed by atoms with Gasteiger partial charge in [0.25, 0.3) is 0 Å². The van der Waals surface area contributed by atoms with E-state index in [0.29, 0.717) is 6.42 Å². The van der Waals surface area contributed by atoms with E-state index in [1.54, 1.807) is 23.1 Å². The quantitative estimate of drug-likeness (QED) is 0.935. The molecule has 1 aliphatic heterocycles. The molecule has 2 nitrogen and oxygen atoms in total. The zero-order valence-corrected chi connectivity index (χ0v) is 11.4. The molecule has 0 spiro atoms. The molecule has 0 aliphatic carbocycles. The van der Waals surface area contributed by atoms with Crippen molar-refractivity contribution in [2.45, 2.75) is 23.5 Å². The molecule has 2 atom stereocenters. The van der Waals surface area contributed by atoms with Gasteiger partial charge in [0.1, 0.15) is 11.9 Å². The van der Waals surface area contributed by atoms with Gasteiger partial charge in [-0.15, -0.1) is 23.1 Å². The molecule has 2 heterocycles. The largest absolute Gasteiger partial charge is 0.486 e. The fourth-order valence-corrected chi connectivity index (χ4v) is 3.81. The van der Waals surface area contributed by atoms with Crippen molar-refractivity contribution in [3.05, 3.63) is 46.7 Å². The van der Waals surface area contributed by atoms with Gasteiger partial charge in [0.2, 0.25) is 0 Å². The van der Waals surface area contributed by atoms with E-state index >= 15 is 0 Å². The van der Waals surface area contributed by atoms with E-state index in [1.807, 2.05) is 29.6 Å². The normalized spacial score (nSPS) is 19.9. The molecule has 3 rings (SSSR count). The van der Waals surface area contributed by atoms with Gasteiger partial charge in [0, 0.05) is 21.9 Å². The molecule has 1 N–H and O–H groups in total. The van der Waals surface area contributed by atoms with Crippen LogP contribution in [0.1, 0.15) is 4.88 Å². The number of aliphatic hydroxyl groups excluding tert-OH is 1. The highest BCUT2D eigenvalue weighted by Gasteiger charge is 2.26. The smallest absolute Gasteiger partial charge is 0.134 e. The van der Waals surface area contributed by atoms with Crippen molar-refractivity contribution >= 4 is 23.1 Å². The lowest BCUT2D eigenvalue weighted by atomic mass is 10.1. The summed E-state index contributed by atoms with van der Waals surface area (Å²) in [6, 6.07) is 12.1. The molecular weight excluding hydrogens is 264 g/mol. The maximum Gasteiger partial charge on any atom is 0.134 e. The van der Waals surface area contributed by atoms with Crippen LogP contribution in [0.3, 0.4) is 0 Å². The molecule has 0 saturated heterocycles. The summed E-state index contributed by atoms with van der Waals surface area (Å²) < 4.78 is 5.88. The molecule has 2 aromatic rings. The van der Waals surface area contributed by atoms with E-state index in [1.165, 1.54) is 4.88 Å². The second kappa shape index (κ2) is 5.34. The lowest BCUT2D eigenvalue weighted by molar-refractivity contribution is 0.0474. The summed E-state index contributed by atoms with van der Waals surface area (Å²) in [5, 5.41) is 12.3. The van der Waals surface area contributed by atoms with Crippen LogP contribution < -0.4 is 4.74 Å². The van der Waals surface area contributed by atoms with Gasteiger partial charge in [0.15, 0.2) is 0 Å². The zero-order valence-electron chi connectivity index (χ0n) is 9.78. The first kappa shape index (κ1) is 12.1. The minimum Gasteiger partial charge on any atom is -0.486 e. The van der Waals surface area contributed by atoms with Gasteiger partial charge < -0.3 is 9.84 Å². The summed E-state index contributed by atoms with van der Waals surface area (Å²) in [7, 11) is 0. The third kappa shape index (κ3) is 2.55. The number of rotatable bonds is 3. The van der Waals surface area contributed by atoms with Crippen LogP contribution in [0.2, 0.25) is 0 Å². The minimum absolute atomic E-state index is 0.119. The Kier molecular flexibility index (Phi) is 3.59. The van der Waals surface area contributed by atoms with Crippen LogP contribution in [-0.2, 0) is 6.42 Å². The average Bonchev–Trinajstić information content (AvgIpc) is 2.91. The number of para-hydroxylation sites is 1. The Hall–Kier alpha value is -0.970. The Morgan fingerprint density at radius 1 is 1.28 bits per heavy atom. The number of aliphatic hydroxyl groups is 1. The predicted molar refractivity (Wildman–Crippen MR) is 75.6 cm³/mol. The van der Waals surface area contributed by atoms with Gasteiger partial charge in [-0.3, -0.25) is 0 Å². The summed E-state index contributed by atoms with van der Waals surface area (Å²) in [5.41, 5.74) is 0. The monoisotopic (exact) mass is 278 g/mol. The van der Waals surface area contributed by atoms with Crippen LogP contribution in [-0.4, -0.2) is 23.1 Å². The molecule has 4 heteroatoms. The Morgan fingerprint density at radius 3 is 3.00 bits per heavy atom. The van der Waals surface area contributed by atoms with E-state index in [2.05, 4.69) is 12.1 Å². The lowest BCUT2D eigenvalue weighted by Gasteiger charge is -2.28. The van der Waals surface area contributed by atoms with Crippen LogP contribution in [0.15, 0.2) is 46.7 Å². The fourth-order valence-electron chi connectivity index (χ4n) is 1.99. The predicted octanol–water partition coefficient (Wildman–Crippen LogP) is 3.20. The second-order valence-corrected chi connectivity index (χ2v) is 6.36. The Morgan fingerprint density at radius 2 is 2.17 bits per heavy atom. The Bertz CT molecular complexity index is 510. The standard InChI is InChI=1S/C14H14O2S2/c15-11(8-10-4-3-7-17-10)13-9-18-14-6-2-1-5-12(14)16-13/h1-7,11,13,15H,8-9H2. The molecule has 0 bridgehead atoms. The number of thioether (sulfide) groups is 1. The Labute approximate surface area is 115 Å². The van der Waals surface area contributed by atoms with Crippen molar-refractivity contribution in [3.8, 4) is 5.75 Å². The van der Waals surface area contributed by atoms with E-state index < -0.39 is 6.10 Å². The van der Waals surface area contributed by atoms with Crippen LogP contribution in [0.5, 0.6) is 5.75 Å². The van der Waals surface area contributed by atoms with Crippen molar-refractivity contribution in [2.75, 3.05) is 5.75 Å². The van der Waals surface area contributed by atoms with Crippen LogP contribution >= 0.6 is 23.1 Å². The summed E-state index contributed by atoms with van der Waals surface area (Å²) in [5.74, 6) is 1.70. The zero-order chi connectivity index (χ0) is 12.4. The molecule has 2 unspecified atom stereocenters. The number of hydrogen-bond donors (Lipinski definition) is 1. The van der Waals surface area contributed by atoms with Crippen molar-refractivity contribution in [2.24, 2.45) is 0 Å². The van der Waals surface area contributed by atoms with E-state index in [4.69, 9.17) is 4.74 Å².